The highest BCUT2D eigenvalue weighted by molar-refractivity contribution is 4.52. The van der Waals surface area contributed by atoms with Gasteiger partial charge in [0.2, 0.25) is 0 Å². The van der Waals surface area contributed by atoms with Crippen LogP contribution in [0.2, 0.25) is 0 Å². The Labute approximate surface area is 158 Å². The van der Waals surface area contributed by atoms with Gasteiger partial charge < -0.3 is 14.8 Å². The third-order valence-electron chi connectivity index (χ3n) is 4.72. The maximum atomic E-state index is 6.03. The summed E-state index contributed by atoms with van der Waals surface area (Å²) in [6, 6.07) is 0. The van der Waals surface area contributed by atoms with E-state index in [0.29, 0.717) is 0 Å². The topological polar surface area (TPSA) is 30.5 Å². The van der Waals surface area contributed by atoms with Gasteiger partial charge in [0.05, 0.1) is 0 Å². The highest BCUT2D eigenvalue weighted by Crippen LogP contribution is 2.11. The molecule has 0 fully saturated rings. The second-order valence-electron chi connectivity index (χ2n) is 7.31. The zero-order chi connectivity index (χ0) is 18.4. The fraction of sp³-hybridized carbons (Fsp3) is 1.00. The van der Waals surface area contributed by atoms with Crippen LogP contribution in [0, 0.1) is 0 Å². The van der Waals surface area contributed by atoms with Gasteiger partial charge in [-0.25, -0.2) is 0 Å². The highest BCUT2D eigenvalue weighted by atomic mass is 16.7. The van der Waals surface area contributed by atoms with E-state index in [1.54, 1.807) is 0 Å². The molecule has 0 aromatic carbocycles. The molecule has 0 radical (unpaired) electrons. The summed E-state index contributed by atoms with van der Waals surface area (Å²) in [5.74, 6) is 0. The Morgan fingerprint density at radius 2 is 1.08 bits per heavy atom. The second-order valence-corrected chi connectivity index (χ2v) is 7.31. The summed E-state index contributed by atoms with van der Waals surface area (Å²) >= 11 is 0. The van der Waals surface area contributed by atoms with E-state index in [2.05, 4.69) is 19.2 Å². The first-order valence-corrected chi connectivity index (χ1v) is 11.2. The van der Waals surface area contributed by atoms with Crippen molar-refractivity contribution in [2.24, 2.45) is 0 Å². The summed E-state index contributed by atoms with van der Waals surface area (Å²) in [6.45, 7) is 7.34. The van der Waals surface area contributed by atoms with Crippen LogP contribution in [0.3, 0.4) is 0 Å². The molecule has 0 aromatic heterocycles. The maximum absolute atomic E-state index is 6.03. The normalized spacial score (nSPS) is 11.5. The van der Waals surface area contributed by atoms with Crippen molar-refractivity contribution < 1.29 is 9.47 Å². The molecule has 25 heavy (non-hydrogen) atoms. The van der Waals surface area contributed by atoms with Crippen LogP contribution in [0.15, 0.2) is 0 Å². The molecule has 0 atom stereocenters. The van der Waals surface area contributed by atoms with Gasteiger partial charge in [0, 0.05) is 13.2 Å². The van der Waals surface area contributed by atoms with Gasteiger partial charge in [0.1, 0.15) is 0 Å². The molecule has 0 heterocycles. The van der Waals surface area contributed by atoms with E-state index in [1.807, 2.05) is 7.05 Å². The molecule has 0 saturated carbocycles. The molecule has 0 amide bonds. The molecule has 0 aliphatic rings. The van der Waals surface area contributed by atoms with Crippen molar-refractivity contribution in [2.45, 2.75) is 116 Å². The number of rotatable bonds is 21. The lowest BCUT2D eigenvalue weighted by Gasteiger charge is -2.19. The molecule has 152 valence electrons. The Hall–Kier alpha value is -0.120. The first kappa shape index (κ1) is 24.9. The van der Waals surface area contributed by atoms with Crippen molar-refractivity contribution >= 4 is 0 Å². The van der Waals surface area contributed by atoms with Crippen molar-refractivity contribution in [3.63, 3.8) is 0 Å². The van der Waals surface area contributed by atoms with Crippen molar-refractivity contribution in [1.82, 2.24) is 5.32 Å². The first-order valence-electron chi connectivity index (χ1n) is 11.2. The smallest absolute Gasteiger partial charge is 0.157 e. The lowest BCUT2D eigenvalue weighted by atomic mass is 10.1. The third kappa shape index (κ3) is 20.0. The lowest BCUT2D eigenvalue weighted by molar-refractivity contribution is -0.148. The molecular weight excluding hydrogens is 310 g/mol. The number of hydrogen-bond acceptors (Lipinski definition) is 3. The largest absolute Gasteiger partial charge is 0.353 e. The third-order valence-corrected chi connectivity index (χ3v) is 4.72. The molecule has 0 unspecified atom stereocenters. The summed E-state index contributed by atoms with van der Waals surface area (Å²) in [5, 5.41) is 3.21. The van der Waals surface area contributed by atoms with Gasteiger partial charge in [-0.2, -0.15) is 0 Å². The van der Waals surface area contributed by atoms with Crippen molar-refractivity contribution in [3.8, 4) is 0 Å². The highest BCUT2D eigenvalue weighted by Gasteiger charge is 2.09. The Morgan fingerprint density at radius 1 is 0.600 bits per heavy atom. The van der Waals surface area contributed by atoms with Crippen LogP contribution in [0.5, 0.6) is 0 Å². The fourth-order valence-corrected chi connectivity index (χ4v) is 3.02. The van der Waals surface area contributed by atoms with Gasteiger partial charge in [-0.1, -0.05) is 78.1 Å². The van der Waals surface area contributed by atoms with Gasteiger partial charge in [-0.05, 0) is 45.7 Å². The number of ether oxygens (including phenoxy) is 2. The number of unbranched alkanes of at least 4 members (excludes halogenated alkanes) is 11. The summed E-state index contributed by atoms with van der Waals surface area (Å²) in [5.41, 5.74) is 0. The fourth-order valence-electron chi connectivity index (χ4n) is 3.02. The van der Waals surface area contributed by atoms with Gasteiger partial charge in [0.15, 0.2) is 6.29 Å². The predicted molar refractivity (Wildman–Crippen MR) is 110 cm³/mol. The van der Waals surface area contributed by atoms with E-state index in [9.17, 15) is 0 Å². The standard InChI is InChI=1S/C22H47NO2/c1-4-6-8-10-12-16-20-24-22(18-14-15-19-23-3)25-21-17-13-11-9-7-5-2/h22-23H,4-21H2,1-3H3. The van der Waals surface area contributed by atoms with Gasteiger partial charge >= 0.3 is 0 Å². The van der Waals surface area contributed by atoms with Crippen LogP contribution in [-0.4, -0.2) is 33.1 Å². The van der Waals surface area contributed by atoms with E-state index >= 15 is 0 Å². The molecule has 0 rings (SSSR count). The molecular formula is C22H47NO2. The quantitative estimate of drug-likeness (QED) is 0.189. The average molecular weight is 358 g/mol. The van der Waals surface area contributed by atoms with Gasteiger partial charge in [-0.3, -0.25) is 0 Å². The van der Waals surface area contributed by atoms with Crippen LogP contribution >= 0.6 is 0 Å². The molecule has 0 spiro atoms. The average Bonchev–Trinajstić information content (AvgIpc) is 2.63. The molecule has 0 aliphatic heterocycles. The molecule has 0 aliphatic carbocycles. The lowest BCUT2D eigenvalue weighted by Crippen LogP contribution is -2.19. The summed E-state index contributed by atoms with van der Waals surface area (Å²) < 4.78 is 12.1. The SMILES string of the molecule is CCCCCCCCOC(CCCCNC)OCCCCCCCC. The van der Waals surface area contributed by atoms with Crippen LogP contribution < -0.4 is 5.32 Å². The molecule has 0 saturated heterocycles. The van der Waals surface area contributed by atoms with Crippen LogP contribution in [0.1, 0.15) is 110 Å². The van der Waals surface area contributed by atoms with E-state index in [1.165, 1.54) is 89.9 Å². The van der Waals surface area contributed by atoms with Gasteiger partial charge in [-0.15, -0.1) is 0 Å². The Kier molecular flexibility index (Phi) is 21.8. The molecule has 3 nitrogen and oxygen atoms in total. The number of hydrogen-bond donors (Lipinski definition) is 1. The summed E-state index contributed by atoms with van der Waals surface area (Å²) in [6.07, 6.45) is 19.2. The maximum Gasteiger partial charge on any atom is 0.157 e. The number of nitrogens with one attached hydrogen (secondary N) is 1. The van der Waals surface area contributed by atoms with Crippen molar-refractivity contribution in [2.75, 3.05) is 26.8 Å². The predicted octanol–water partition coefficient (Wildman–Crippen LogP) is 6.46. The van der Waals surface area contributed by atoms with E-state index in [-0.39, 0.29) is 6.29 Å². The Bertz CT molecular complexity index is 218. The Balaban J connectivity index is 3.71. The molecule has 3 heteroatoms. The van der Waals surface area contributed by atoms with Gasteiger partial charge in [0.25, 0.3) is 0 Å². The first-order chi connectivity index (χ1) is 12.3. The van der Waals surface area contributed by atoms with Crippen LogP contribution in [-0.2, 0) is 9.47 Å². The monoisotopic (exact) mass is 357 g/mol. The minimum atomic E-state index is 0.0168. The summed E-state index contributed by atoms with van der Waals surface area (Å²) in [7, 11) is 2.02. The van der Waals surface area contributed by atoms with Crippen molar-refractivity contribution in [3.05, 3.63) is 0 Å². The van der Waals surface area contributed by atoms with Crippen LogP contribution in [0.4, 0.5) is 0 Å². The zero-order valence-electron chi connectivity index (χ0n) is 17.6. The zero-order valence-corrected chi connectivity index (χ0v) is 17.6. The molecule has 1 N–H and O–H groups in total. The van der Waals surface area contributed by atoms with Crippen LogP contribution in [0.25, 0.3) is 0 Å². The minimum absolute atomic E-state index is 0.0168. The molecule has 0 aromatic rings. The van der Waals surface area contributed by atoms with E-state index < -0.39 is 0 Å². The van der Waals surface area contributed by atoms with E-state index in [4.69, 9.17) is 9.47 Å². The van der Waals surface area contributed by atoms with E-state index in [0.717, 1.165) is 26.2 Å². The Morgan fingerprint density at radius 3 is 1.56 bits per heavy atom. The molecule has 0 bridgehead atoms. The minimum Gasteiger partial charge on any atom is -0.353 e. The van der Waals surface area contributed by atoms with Crippen molar-refractivity contribution in [1.29, 1.82) is 0 Å². The second kappa shape index (κ2) is 21.9. The summed E-state index contributed by atoms with van der Waals surface area (Å²) in [4.78, 5) is 0.